The molecule has 0 saturated carbocycles. The van der Waals surface area contributed by atoms with Crippen molar-refractivity contribution in [1.29, 1.82) is 0 Å². The molecule has 3 N–H and O–H groups in total. The number of hydrogen-bond donors (Lipinski definition) is 3. The van der Waals surface area contributed by atoms with Crippen molar-refractivity contribution >= 4 is 33.6 Å². The van der Waals surface area contributed by atoms with E-state index in [4.69, 9.17) is 9.84 Å². The largest absolute Gasteiger partial charge is 0.496 e. The highest BCUT2D eigenvalue weighted by molar-refractivity contribution is 9.10. The van der Waals surface area contributed by atoms with Gasteiger partial charge in [0.15, 0.2) is 0 Å². The van der Waals surface area contributed by atoms with Crippen molar-refractivity contribution < 1.29 is 19.4 Å². The summed E-state index contributed by atoms with van der Waals surface area (Å²) in [6.45, 7) is 0.517. The maximum absolute atomic E-state index is 11.7. The topological polar surface area (TPSA) is 87.7 Å². The molecule has 0 bridgehead atoms. The summed E-state index contributed by atoms with van der Waals surface area (Å²) in [4.78, 5) is 22.0. The van der Waals surface area contributed by atoms with Crippen molar-refractivity contribution in [1.82, 2.24) is 5.32 Å². The molecule has 2 amide bonds. The Morgan fingerprint density at radius 2 is 2.05 bits per heavy atom. The highest BCUT2D eigenvalue weighted by Crippen LogP contribution is 2.27. The minimum atomic E-state index is -0.786. The first-order chi connectivity index (χ1) is 10.0. The molecule has 21 heavy (non-hydrogen) atoms. The normalized spacial score (nSPS) is 10.0. The number of anilines is 1. The highest BCUT2D eigenvalue weighted by Gasteiger charge is 2.05. The van der Waals surface area contributed by atoms with Crippen LogP contribution in [0.1, 0.15) is 25.7 Å². The number of benzene rings is 1. The van der Waals surface area contributed by atoms with Gasteiger partial charge >= 0.3 is 12.0 Å². The Kier molecular flexibility index (Phi) is 7.60. The van der Waals surface area contributed by atoms with Crippen LogP contribution in [0.25, 0.3) is 0 Å². The molecule has 0 atom stereocenters. The van der Waals surface area contributed by atoms with E-state index in [2.05, 4.69) is 26.6 Å². The summed E-state index contributed by atoms with van der Waals surface area (Å²) in [6.07, 6.45) is 2.34. The fraction of sp³-hybridized carbons (Fsp3) is 0.429. The fourth-order valence-electron chi connectivity index (χ4n) is 1.70. The second-order valence-electron chi connectivity index (χ2n) is 4.43. The van der Waals surface area contributed by atoms with Gasteiger partial charge in [-0.25, -0.2) is 4.79 Å². The van der Waals surface area contributed by atoms with Crippen molar-refractivity contribution in [3.8, 4) is 5.75 Å². The molecule has 0 fully saturated rings. The van der Waals surface area contributed by atoms with Crippen LogP contribution in [-0.4, -0.2) is 30.8 Å². The Balaban J connectivity index is 2.24. The van der Waals surface area contributed by atoms with E-state index < -0.39 is 5.97 Å². The highest BCUT2D eigenvalue weighted by atomic mass is 79.9. The molecule has 0 aliphatic heterocycles. The molecule has 7 heteroatoms. The van der Waals surface area contributed by atoms with Gasteiger partial charge in [-0.05, 0) is 47.0 Å². The third-order valence-corrected chi connectivity index (χ3v) is 3.38. The van der Waals surface area contributed by atoms with Crippen LogP contribution in [0.5, 0.6) is 5.75 Å². The number of carbonyl (C=O) groups is 2. The maximum atomic E-state index is 11.7. The van der Waals surface area contributed by atoms with Crippen molar-refractivity contribution in [2.45, 2.75) is 25.7 Å². The zero-order valence-corrected chi connectivity index (χ0v) is 13.4. The lowest BCUT2D eigenvalue weighted by Gasteiger charge is -2.09. The summed E-state index contributed by atoms with van der Waals surface area (Å²) in [5, 5.41) is 13.9. The van der Waals surface area contributed by atoms with Crippen LogP contribution in [0.15, 0.2) is 22.7 Å². The molecule has 0 radical (unpaired) electrons. The van der Waals surface area contributed by atoms with Crippen molar-refractivity contribution in [3.05, 3.63) is 22.7 Å². The first-order valence-electron chi connectivity index (χ1n) is 6.63. The third-order valence-electron chi connectivity index (χ3n) is 2.76. The van der Waals surface area contributed by atoms with Crippen LogP contribution in [0.2, 0.25) is 0 Å². The second kappa shape index (κ2) is 9.23. The summed E-state index contributed by atoms with van der Waals surface area (Å²) in [5.41, 5.74) is 0.658. The van der Waals surface area contributed by atoms with Gasteiger partial charge in [0.1, 0.15) is 5.75 Å². The van der Waals surface area contributed by atoms with Gasteiger partial charge in [-0.1, -0.05) is 6.42 Å². The fourth-order valence-corrected chi connectivity index (χ4v) is 2.24. The molecule has 1 rings (SSSR count). The number of carboxylic acid groups (broad SMARTS) is 1. The molecular weight excluding hydrogens is 340 g/mol. The molecule has 0 aliphatic rings. The minimum absolute atomic E-state index is 0.173. The lowest BCUT2D eigenvalue weighted by molar-refractivity contribution is -0.137. The number of hydrogen-bond acceptors (Lipinski definition) is 3. The number of halogens is 1. The Morgan fingerprint density at radius 3 is 2.67 bits per heavy atom. The zero-order chi connectivity index (χ0) is 15.7. The van der Waals surface area contributed by atoms with E-state index in [9.17, 15) is 9.59 Å². The number of amides is 2. The van der Waals surface area contributed by atoms with Crippen molar-refractivity contribution in [2.24, 2.45) is 0 Å². The monoisotopic (exact) mass is 358 g/mol. The average Bonchev–Trinajstić information content (AvgIpc) is 2.42. The van der Waals surface area contributed by atoms with Gasteiger partial charge in [-0.3, -0.25) is 4.79 Å². The maximum Gasteiger partial charge on any atom is 0.319 e. The number of rotatable bonds is 8. The van der Waals surface area contributed by atoms with Crippen LogP contribution in [-0.2, 0) is 4.79 Å². The number of carboxylic acids is 1. The number of nitrogens with one attached hydrogen (secondary N) is 2. The summed E-state index contributed by atoms with van der Waals surface area (Å²) in [6, 6.07) is 4.97. The first kappa shape index (κ1) is 17.3. The van der Waals surface area contributed by atoms with Gasteiger partial charge in [0.25, 0.3) is 0 Å². The second-order valence-corrected chi connectivity index (χ2v) is 5.29. The molecule has 116 valence electrons. The number of methoxy groups -OCH3 is 1. The quantitative estimate of drug-likeness (QED) is 0.622. The molecule has 0 saturated heterocycles. The lowest BCUT2D eigenvalue weighted by Crippen LogP contribution is -2.29. The molecule has 1 aromatic carbocycles. The summed E-state index contributed by atoms with van der Waals surface area (Å²) < 4.78 is 5.87. The van der Waals surface area contributed by atoms with E-state index in [1.165, 1.54) is 0 Å². The molecule has 1 aromatic rings. The molecule has 0 spiro atoms. The zero-order valence-electron chi connectivity index (χ0n) is 11.8. The Morgan fingerprint density at radius 1 is 1.29 bits per heavy atom. The molecule has 0 aliphatic carbocycles. The smallest absolute Gasteiger partial charge is 0.319 e. The van der Waals surface area contributed by atoms with Crippen LogP contribution >= 0.6 is 15.9 Å². The van der Waals surface area contributed by atoms with Gasteiger partial charge < -0.3 is 20.5 Å². The predicted molar refractivity (Wildman–Crippen MR) is 83.8 cm³/mol. The number of ether oxygens (including phenoxy) is 1. The van der Waals surface area contributed by atoms with Gasteiger partial charge in [-0.15, -0.1) is 0 Å². The molecular formula is C14H19BrN2O4. The molecule has 6 nitrogen and oxygen atoms in total. The van der Waals surface area contributed by atoms with E-state index in [1.54, 1.807) is 25.3 Å². The SMILES string of the molecule is COc1ccc(NC(=O)NCCCCCC(=O)O)cc1Br. The molecule has 0 heterocycles. The number of unbranched alkanes of at least 4 members (excludes halogenated alkanes) is 2. The van der Waals surface area contributed by atoms with Crippen LogP contribution in [0, 0.1) is 0 Å². The van der Waals surface area contributed by atoms with E-state index in [0.29, 0.717) is 24.4 Å². The van der Waals surface area contributed by atoms with Gasteiger partial charge in [-0.2, -0.15) is 0 Å². The Bertz CT molecular complexity index is 494. The summed E-state index contributed by atoms with van der Waals surface area (Å²) in [7, 11) is 1.57. The van der Waals surface area contributed by atoms with E-state index in [-0.39, 0.29) is 12.5 Å². The Hall–Kier alpha value is -1.76. The number of aliphatic carboxylic acids is 1. The van der Waals surface area contributed by atoms with Gasteiger partial charge in [0, 0.05) is 18.7 Å². The lowest BCUT2D eigenvalue weighted by atomic mass is 10.2. The van der Waals surface area contributed by atoms with Gasteiger partial charge in [0.05, 0.1) is 11.6 Å². The van der Waals surface area contributed by atoms with Crippen LogP contribution in [0.3, 0.4) is 0 Å². The third kappa shape index (κ3) is 6.99. The van der Waals surface area contributed by atoms with Crippen molar-refractivity contribution in [3.63, 3.8) is 0 Å². The Labute approximate surface area is 132 Å². The first-order valence-corrected chi connectivity index (χ1v) is 7.42. The summed E-state index contributed by atoms with van der Waals surface area (Å²) >= 11 is 3.35. The van der Waals surface area contributed by atoms with E-state index >= 15 is 0 Å². The van der Waals surface area contributed by atoms with Crippen molar-refractivity contribution in [2.75, 3.05) is 19.0 Å². The van der Waals surface area contributed by atoms with Gasteiger partial charge in [0.2, 0.25) is 0 Å². The minimum Gasteiger partial charge on any atom is -0.496 e. The predicted octanol–water partition coefficient (Wildman–Crippen LogP) is 3.22. The van der Waals surface area contributed by atoms with E-state index in [1.807, 2.05) is 0 Å². The summed E-state index contributed by atoms with van der Waals surface area (Å²) in [5.74, 6) is -0.0924. The van der Waals surface area contributed by atoms with Crippen LogP contribution in [0.4, 0.5) is 10.5 Å². The van der Waals surface area contributed by atoms with Crippen LogP contribution < -0.4 is 15.4 Å². The number of urea groups is 1. The number of carbonyl (C=O) groups excluding carboxylic acids is 1. The molecule has 0 aromatic heterocycles. The average molecular weight is 359 g/mol. The standard InChI is InChI=1S/C14H19BrN2O4/c1-21-12-7-6-10(9-11(12)15)17-14(20)16-8-4-2-3-5-13(18)19/h6-7,9H,2-5,8H2,1H3,(H,18,19)(H2,16,17,20). The van der Waals surface area contributed by atoms with E-state index in [0.717, 1.165) is 17.3 Å². The molecule has 0 unspecified atom stereocenters.